The van der Waals surface area contributed by atoms with E-state index in [9.17, 15) is 13.2 Å². The fourth-order valence-electron chi connectivity index (χ4n) is 3.83. The highest BCUT2D eigenvalue weighted by molar-refractivity contribution is 7.89. The van der Waals surface area contributed by atoms with E-state index in [0.717, 1.165) is 17.0 Å². The number of rotatable bonds is 6. The molecule has 0 atom stereocenters. The van der Waals surface area contributed by atoms with E-state index in [-0.39, 0.29) is 10.8 Å². The number of hydrogen-bond acceptors (Lipinski definition) is 5. The largest absolute Gasteiger partial charge is 0.495 e. The molecule has 7 nitrogen and oxygen atoms in total. The van der Waals surface area contributed by atoms with Crippen molar-refractivity contribution in [1.29, 1.82) is 0 Å². The van der Waals surface area contributed by atoms with Crippen LogP contribution in [0.4, 0.5) is 11.4 Å². The summed E-state index contributed by atoms with van der Waals surface area (Å²) in [4.78, 5) is 14.7. The number of sulfonamides is 1. The van der Waals surface area contributed by atoms with Crippen molar-refractivity contribution in [1.82, 2.24) is 4.31 Å². The molecule has 1 heterocycles. The van der Waals surface area contributed by atoms with Crippen molar-refractivity contribution in [3.8, 4) is 5.75 Å². The summed E-state index contributed by atoms with van der Waals surface area (Å²) in [5.74, 6) is 0.537. The van der Waals surface area contributed by atoms with Gasteiger partial charge in [-0.25, -0.2) is 8.42 Å². The van der Waals surface area contributed by atoms with Crippen LogP contribution in [0.1, 0.15) is 15.9 Å². The molecule has 0 aromatic heterocycles. The SMILES string of the molecule is COc1ccccc1N1CCN(S(=O)(=O)c2ccc(NC(=O)c3ccc(C)cc3)cc2)CC1. The second-order valence-electron chi connectivity index (χ2n) is 7.91. The molecule has 1 amide bonds. The molecule has 1 saturated heterocycles. The molecular formula is C25H27N3O4S. The fraction of sp³-hybridized carbons (Fsp3) is 0.240. The Hall–Kier alpha value is -3.36. The van der Waals surface area contributed by atoms with Crippen molar-refractivity contribution in [3.05, 3.63) is 83.9 Å². The van der Waals surface area contributed by atoms with Gasteiger partial charge in [0.05, 0.1) is 17.7 Å². The van der Waals surface area contributed by atoms with Crippen LogP contribution in [0.5, 0.6) is 5.75 Å². The van der Waals surface area contributed by atoms with Crippen LogP contribution in [0.2, 0.25) is 0 Å². The first-order valence-corrected chi connectivity index (χ1v) is 12.2. The van der Waals surface area contributed by atoms with Crippen molar-refractivity contribution >= 4 is 27.3 Å². The summed E-state index contributed by atoms with van der Waals surface area (Å²) < 4.78 is 33.2. The molecule has 0 saturated carbocycles. The Morgan fingerprint density at radius 2 is 1.52 bits per heavy atom. The van der Waals surface area contributed by atoms with Crippen LogP contribution in [0.15, 0.2) is 77.7 Å². The number of carbonyl (C=O) groups excluding carboxylic acids is 1. The number of aryl methyl sites for hydroxylation is 1. The summed E-state index contributed by atoms with van der Waals surface area (Å²) in [6.07, 6.45) is 0. The zero-order valence-corrected chi connectivity index (χ0v) is 19.5. The van der Waals surface area contributed by atoms with Gasteiger partial charge in [0.25, 0.3) is 5.91 Å². The third kappa shape index (κ3) is 5.02. The second-order valence-corrected chi connectivity index (χ2v) is 9.85. The van der Waals surface area contributed by atoms with Crippen LogP contribution in [-0.2, 0) is 10.0 Å². The summed E-state index contributed by atoms with van der Waals surface area (Å²) >= 11 is 0. The second kappa shape index (κ2) is 9.64. The number of methoxy groups -OCH3 is 1. The molecule has 1 aliphatic heterocycles. The third-order valence-electron chi connectivity index (χ3n) is 5.73. The Balaban J connectivity index is 1.40. The minimum atomic E-state index is -3.62. The van der Waals surface area contributed by atoms with Crippen molar-refractivity contribution in [2.75, 3.05) is 43.5 Å². The van der Waals surface area contributed by atoms with E-state index < -0.39 is 10.0 Å². The number of amides is 1. The predicted molar refractivity (Wildman–Crippen MR) is 130 cm³/mol. The average molecular weight is 466 g/mol. The summed E-state index contributed by atoms with van der Waals surface area (Å²) in [6, 6.07) is 21.3. The van der Waals surface area contributed by atoms with Gasteiger partial charge in [-0.2, -0.15) is 4.31 Å². The number of carbonyl (C=O) groups is 1. The Bertz CT molecular complexity index is 1220. The maximum atomic E-state index is 13.1. The lowest BCUT2D eigenvalue weighted by molar-refractivity contribution is 0.102. The van der Waals surface area contributed by atoms with Crippen LogP contribution in [-0.4, -0.2) is 51.9 Å². The Morgan fingerprint density at radius 3 is 2.15 bits per heavy atom. The smallest absolute Gasteiger partial charge is 0.255 e. The average Bonchev–Trinajstić information content (AvgIpc) is 2.85. The van der Waals surface area contributed by atoms with Gasteiger partial charge in [-0.1, -0.05) is 29.8 Å². The van der Waals surface area contributed by atoms with Crippen LogP contribution in [0.25, 0.3) is 0 Å². The first-order chi connectivity index (χ1) is 15.9. The van der Waals surface area contributed by atoms with Gasteiger partial charge in [-0.15, -0.1) is 0 Å². The maximum Gasteiger partial charge on any atom is 0.255 e. The van der Waals surface area contributed by atoms with E-state index >= 15 is 0 Å². The summed E-state index contributed by atoms with van der Waals surface area (Å²) in [5, 5.41) is 2.80. The lowest BCUT2D eigenvalue weighted by Gasteiger charge is -2.35. The first-order valence-electron chi connectivity index (χ1n) is 10.7. The van der Waals surface area contributed by atoms with Crippen LogP contribution < -0.4 is 15.0 Å². The molecule has 172 valence electrons. The number of piperazine rings is 1. The van der Waals surface area contributed by atoms with E-state index in [1.165, 1.54) is 16.4 Å². The summed E-state index contributed by atoms with van der Waals surface area (Å²) in [7, 11) is -1.99. The number of ether oxygens (including phenoxy) is 1. The highest BCUT2D eigenvalue weighted by Crippen LogP contribution is 2.29. The molecule has 0 bridgehead atoms. The number of para-hydroxylation sites is 2. The molecule has 4 rings (SSSR count). The Labute approximate surface area is 194 Å². The van der Waals surface area contributed by atoms with Gasteiger partial charge in [0.15, 0.2) is 0 Å². The zero-order valence-electron chi connectivity index (χ0n) is 18.7. The van der Waals surface area contributed by atoms with Gasteiger partial charge in [-0.05, 0) is 55.5 Å². The van der Waals surface area contributed by atoms with E-state index in [2.05, 4.69) is 10.2 Å². The van der Waals surface area contributed by atoms with Gasteiger partial charge in [0.2, 0.25) is 10.0 Å². The molecule has 3 aromatic carbocycles. The van der Waals surface area contributed by atoms with E-state index in [4.69, 9.17) is 4.74 Å². The van der Waals surface area contributed by atoms with Gasteiger partial charge in [0.1, 0.15) is 5.75 Å². The Kier molecular flexibility index (Phi) is 6.67. The van der Waals surface area contributed by atoms with Gasteiger partial charge in [-0.3, -0.25) is 4.79 Å². The molecule has 0 spiro atoms. The van der Waals surface area contributed by atoms with Gasteiger partial charge < -0.3 is 15.0 Å². The fourth-order valence-corrected chi connectivity index (χ4v) is 5.25. The highest BCUT2D eigenvalue weighted by atomic mass is 32.2. The third-order valence-corrected chi connectivity index (χ3v) is 7.64. The summed E-state index contributed by atoms with van der Waals surface area (Å²) in [5.41, 5.74) is 3.13. The van der Waals surface area contributed by atoms with E-state index in [0.29, 0.717) is 37.4 Å². The number of nitrogens with one attached hydrogen (secondary N) is 1. The van der Waals surface area contributed by atoms with Gasteiger partial charge in [0, 0.05) is 37.4 Å². The predicted octanol–water partition coefficient (Wildman–Crippen LogP) is 3.77. The van der Waals surface area contributed by atoms with Crippen molar-refractivity contribution < 1.29 is 17.9 Å². The van der Waals surface area contributed by atoms with Crippen LogP contribution in [0, 0.1) is 6.92 Å². The lowest BCUT2D eigenvalue weighted by Crippen LogP contribution is -2.48. The van der Waals surface area contributed by atoms with E-state index in [1.807, 2.05) is 43.3 Å². The molecule has 1 fully saturated rings. The maximum absolute atomic E-state index is 13.1. The van der Waals surface area contributed by atoms with Crippen LogP contribution in [0.3, 0.4) is 0 Å². The normalized spacial score (nSPS) is 14.7. The molecule has 1 N–H and O–H groups in total. The van der Waals surface area contributed by atoms with E-state index in [1.54, 1.807) is 31.4 Å². The number of benzene rings is 3. The van der Waals surface area contributed by atoms with Crippen molar-refractivity contribution in [2.45, 2.75) is 11.8 Å². The quantitative estimate of drug-likeness (QED) is 0.600. The topological polar surface area (TPSA) is 79.0 Å². The minimum Gasteiger partial charge on any atom is -0.495 e. The molecule has 1 aliphatic rings. The highest BCUT2D eigenvalue weighted by Gasteiger charge is 2.29. The molecule has 8 heteroatoms. The first kappa shape index (κ1) is 22.8. The summed E-state index contributed by atoms with van der Waals surface area (Å²) in [6.45, 7) is 3.87. The molecule has 3 aromatic rings. The number of nitrogens with zero attached hydrogens (tertiary/aromatic N) is 2. The standard InChI is InChI=1S/C25H27N3O4S/c1-19-7-9-20(10-8-19)25(29)26-21-11-13-22(14-12-21)33(30,31)28-17-15-27(16-18-28)23-5-3-4-6-24(23)32-2/h3-14H,15-18H2,1-2H3,(H,26,29). The lowest BCUT2D eigenvalue weighted by atomic mass is 10.1. The molecule has 0 unspecified atom stereocenters. The van der Waals surface area contributed by atoms with Gasteiger partial charge >= 0.3 is 0 Å². The zero-order chi connectivity index (χ0) is 23.4. The number of anilines is 2. The molecule has 0 aliphatic carbocycles. The Morgan fingerprint density at radius 1 is 0.879 bits per heavy atom. The minimum absolute atomic E-state index is 0.210. The molecule has 0 radical (unpaired) electrons. The molecule has 33 heavy (non-hydrogen) atoms. The molecular weight excluding hydrogens is 438 g/mol. The van der Waals surface area contributed by atoms with Crippen LogP contribution >= 0.6 is 0 Å². The number of hydrogen-bond donors (Lipinski definition) is 1. The van der Waals surface area contributed by atoms with Crippen molar-refractivity contribution in [3.63, 3.8) is 0 Å². The van der Waals surface area contributed by atoms with Crippen molar-refractivity contribution in [2.24, 2.45) is 0 Å². The monoisotopic (exact) mass is 465 g/mol.